The van der Waals surface area contributed by atoms with Crippen LogP contribution in [0, 0.1) is 0 Å². The van der Waals surface area contributed by atoms with Gasteiger partial charge < -0.3 is 4.74 Å². The summed E-state index contributed by atoms with van der Waals surface area (Å²) in [5.74, 6) is -0.169. The zero-order valence-electron chi connectivity index (χ0n) is 13.6. The molecule has 0 aliphatic rings. The van der Waals surface area contributed by atoms with Crippen molar-refractivity contribution in [1.82, 2.24) is 0 Å². The molecule has 0 aromatic heterocycles. The lowest BCUT2D eigenvalue weighted by atomic mass is 9.99. The van der Waals surface area contributed by atoms with Gasteiger partial charge in [0.15, 0.2) is 0 Å². The van der Waals surface area contributed by atoms with Gasteiger partial charge >= 0.3 is 5.97 Å². The number of carbonyl (C=O) groups excluding carboxylic acids is 1. The molecule has 0 radical (unpaired) electrons. The van der Waals surface area contributed by atoms with E-state index in [2.05, 4.69) is 6.92 Å². The Morgan fingerprint density at radius 1 is 0.842 bits per heavy atom. The maximum Gasteiger partial charge on any atom is 0.303 e. The lowest BCUT2D eigenvalue weighted by Gasteiger charge is -2.24. The minimum Gasteiger partial charge on any atom is -0.460 e. The van der Waals surface area contributed by atoms with E-state index in [4.69, 9.17) is 4.74 Å². The SMILES string of the molecule is CCCCCCCCCCCCC(C)(C)OC(C)=O. The number of rotatable bonds is 12. The molecule has 19 heavy (non-hydrogen) atoms. The third-order valence-electron chi connectivity index (χ3n) is 3.55. The highest BCUT2D eigenvalue weighted by Gasteiger charge is 2.19. The number of unbranched alkanes of at least 4 members (excludes halogenated alkanes) is 9. The molecule has 0 unspecified atom stereocenters. The third kappa shape index (κ3) is 13.7. The standard InChI is InChI=1S/C17H34O2/c1-5-6-7-8-9-10-11-12-13-14-15-17(3,4)19-16(2)18/h5-15H2,1-4H3. The maximum absolute atomic E-state index is 10.9. The van der Waals surface area contributed by atoms with Gasteiger partial charge in [0.1, 0.15) is 5.60 Å². The van der Waals surface area contributed by atoms with Crippen LogP contribution < -0.4 is 0 Å². The second-order valence-electron chi connectivity index (χ2n) is 6.29. The zero-order valence-corrected chi connectivity index (χ0v) is 13.6. The normalized spacial score (nSPS) is 11.6. The van der Waals surface area contributed by atoms with Crippen LogP contribution in [0.4, 0.5) is 0 Å². The van der Waals surface area contributed by atoms with Crippen molar-refractivity contribution >= 4 is 5.97 Å². The first kappa shape index (κ1) is 18.5. The minimum absolute atomic E-state index is 0.169. The van der Waals surface area contributed by atoms with E-state index in [0.29, 0.717) is 0 Å². The van der Waals surface area contributed by atoms with E-state index >= 15 is 0 Å². The summed E-state index contributed by atoms with van der Waals surface area (Å²) >= 11 is 0. The molecule has 0 bridgehead atoms. The summed E-state index contributed by atoms with van der Waals surface area (Å²) < 4.78 is 5.28. The van der Waals surface area contributed by atoms with Crippen molar-refractivity contribution < 1.29 is 9.53 Å². The van der Waals surface area contributed by atoms with Gasteiger partial charge in [-0.1, -0.05) is 64.7 Å². The van der Waals surface area contributed by atoms with Crippen molar-refractivity contribution in [2.24, 2.45) is 0 Å². The van der Waals surface area contributed by atoms with Crippen LogP contribution in [0.5, 0.6) is 0 Å². The molecule has 0 aliphatic carbocycles. The molecule has 0 saturated carbocycles. The van der Waals surface area contributed by atoms with Crippen LogP contribution in [0.25, 0.3) is 0 Å². The Kier molecular flexibility index (Phi) is 11.0. The fourth-order valence-electron chi connectivity index (χ4n) is 2.48. The largest absolute Gasteiger partial charge is 0.460 e. The Labute approximate surface area is 120 Å². The quantitative estimate of drug-likeness (QED) is 0.339. The summed E-state index contributed by atoms with van der Waals surface area (Å²) in [7, 11) is 0. The van der Waals surface area contributed by atoms with E-state index in [9.17, 15) is 4.79 Å². The lowest BCUT2D eigenvalue weighted by Crippen LogP contribution is -2.26. The van der Waals surface area contributed by atoms with E-state index in [1.807, 2.05) is 13.8 Å². The highest BCUT2D eigenvalue weighted by molar-refractivity contribution is 5.66. The topological polar surface area (TPSA) is 26.3 Å². The van der Waals surface area contributed by atoms with Crippen LogP contribution >= 0.6 is 0 Å². The second kappa shape index (κ2) is 11.3. The average molecular weight is 270 g/mol. The van der Waals surface area contributed by atoms with Gasteiger partial charge in [0.2, 0.25) is 0 Å². The Morgan fingerprint density at radius 3 is 1.68 bits per heavy atom. The number of hydrogen-bond acceptors (Lipinski definition) is 2. The highest BCUT2D eigenvalue weighted by atomic mass is 16.6. The average Bonchev–Trinajstić information content (AvgIpc) is 2.30. The molecule has 2 heteroatoms. The van der Waals surface area contributed by atoms with Crippen molar-refractivity contribution in [3.05, 3.63) is 0 Å². The van der Waals surface area contributed by atoms with Crippen LogP contribution in [-0.2, 0) is 9.53 Å². The van der Waals surface area contributed by atoms with E-state index in [1.54, 1.807) is 0 Å². The molecule has 0 N–H and O–H groups in total. The van der Waals surface area contributed by atoms with Crippen molar-refractivity contribution in [3.8, 4) is 0 Å². The monoisotopic (exact) mass is 270 g/mol. The molecule has 114 valence electrons. The first-order valence-electron chi connectivity index (χ1n) is 8.17. The van der Waals surface area contributed by atoms with Crippen LogP contribution in [-0.4, -0.2) is 11.6 Å². The molecular formula is C17H34O2. The van der Waals surface area contributed by atoms with E-state index < -0.39 is 0 Å². The first-order valence-corrected chi connectivity index (χ1v) is 8.17. The molecule has 0 rings (SSSR count). The van der Waals surface area contributed by atoms with Gasteiger partial charge in [0, 0.05) is 6.92 Å². The fraction of sp³-hybridized carbons (Fsp3) is 0.941. The molecule has 0 aromatic rings. The van der Waals surface area contributed by atoms with Crippen molar-refractivity contribution in [3.63, 3.8) is 0 Å². The fourth-order valence-corrected chi connectivity index (χ4v) is 2.48. The lowest BCUT2D eigenvalue weighted by molar-refractivity contribution is -0.154. The number of ether oxygens (including phenoxy) is 1. The molecule has 0 atom stereocenters. The summed E-state index contributed by atoms with van der Waals surface area (Å²) in [5, 5.41) is 0. The van der Waals surface area contributed by atoms with Crippen LogP contribution in [0.3, 0.4) is 0 Å². The summed E-state index contributed by atoms with van der Waals surface area (Å²) in [4.78, 5) is 10.9. The Morgan fingerprint density at radius 2 is 1.26 bits per heavy atom. The van der Waals surface area contributed by atoms with Crippen LogP contribution in [0.15, 0.2) is 0 Å². The molecule has 0 heterocycles. The number of esters is 1. The summed E-state index contributed by atoms with van der Waals surface area (Å²) in [6, 6.07) is 0. The van der Waals surface area contributed by atoms with Gasteiger partial charge in [-0.3, -0.25) is 4.79 Å². The maximum atomic E-state index is 10.9. The van der Waals surface area contributed by atoms with E-state index in [1.165, 1.54) is 64.7 Å². The van der Waals surface area contributed by atoms with Gasteiger partial charge in [0.25, 0.3) is 0 Å². The van der Waals surface area contributed by atoms with Gasteiger partial charge in [-0.25, -0.2) is 0 Å². The van der Waals surface area contributed by atoms with Crippen molar-refractivity contribution in [2.75, 3.05) is 0 Å². The minimum atomic E-state index is -0.286. The van der Waals surface area contributed by atoms with Gasteiger partial charge in [-0.2, -0.15) is 0 Å². The number of carbonyl (C=O) groups is 1. The molecule has 0 amide bonds. The molecular weight excluding hydrogens is 236 g/mol. The molecule has 0 aromatic carbocycles. The van der Waals surface area contributed by atoms with Crippen molar-refractivity contribution in [1.29, 1.82) is 0 Å². The molecule has 0 fully saturated rings. The van der Waals surface area contributed by atoms with Crippen LogP contribution in [0.1, 0.15) is 98.3 Å². The smallest absolute Gasteiger partial charge is 0.303 e. The molecule has 2 nitrogen and oxygen atoms in total. The van der Waals surface area contributed by atoms with Gasteiger partial charge in [0.05, 0.1) is 0 Å². The van der Waals surface area contributed by atoms with Gasteiger partial charge in [-0.05, 0) is 26.7 Å². The predicted octanol–water partition coefficient (Wildman–Crippen LogP) is 5.64. The summed E-state index contributed by atoms with van der Waals surface area (Å²) in [5.41, 5.74) is -0.286. The molecule has 0 spiro atoms. The molecule has 0 saturated heterocycles. The third-order valence-corrected chi connectivity index (χ3v) is 3.55. The highest BCUT2D eigenvalue weighted by Crippen LogP contribution is 2.19. The molecule has 0 aliphatic heterocycles. The first-order chi connectivity index (χ1) is 8.98. The van der Waals surface area contributed by atoms with Gasteiger partial charge in [-0.15, -0.1) is 0 Å². The summed E-state index contributed by atoms with van der Waals surface area (Å²) in [6.45, 7) is 7.75. The van der Waals surface area contributed by atoms with E-state index in [0.717, 1.165) is 12.8 Å². The zero-order chi connectivity index (χ0) is 14.6. The van der Waals surface area contributed by atoms with Crippen molar-refractivity contribution in [2.45, 2.75) is 104 Å². The summed E-state index contributed by atoms with van der Waals surface area (Å²) in [6.07, 6.45) is 14.4. The Hall–Kier alpha value is -0.530. The predicted molar refractivity (Wildman–Crippen MR) is 82.3 cm³/mol. The number of hydrogen-bond donors (Lipinski definition) is 0. The van der Waals surface area contributed by atoms with Crippen LogP contribution in [0.2, 0.25) is 0 Å². The second-order valence-corrected chi connectivity index (χ2v) is 6.29. The Bertz CT molecular complexity index is 221. The van der Waals surface area contributed by atoms with E-state index in [-0.39, 0.29) is 11.6 Å². The Balaban J connectivity index is 3.28.